The average molecular weight is 217 g/mol. The summed E-state index contributed by atoms with van der Waals surface area (Å²) in [5, 5.41) is 9.86. The van der Waals surface area contributed by atoms with Gasteiger partial charge in [-0.2, -0.15) is 0 Å². The van der Waals surface area contributed by atoms with Gasteiger partial charge >= 0.3 is 0 Å². The van der Waals surface area contributed by atoms with E-state index in [2.05, 4.69) is 30.8 Å². The molecule has 0 bridgehead atoms. The zero-order valence-corrected chi connectivity index (χ0v) is 10.7. The first-order chi connectivity index (χ1) is 6.91. The van der Waals surface area contributed by atoms with Gasteiger partial charge in [0.2, 0.25) is 0 Å². The van der Waals surface area contributed by atoms with Crippen LogP contribution in [0, 0.1) is 0 Å². The largest absolute Gasteiger partial charge is 0.388 e. The first kappa shape index (κ1) is 14.8. The Hall–Kier alpha value is -0.160. The highest BCUT2D eigenvalue weighted by Gasteiger charge is 2.20. The van der Waals surface area contributed by atoms with E-state index in [-0.39, 0.29) is 0 Å². The quantitative estimate of drug-likeness (QED) is 0.599. The fraction of sp³-hybridized carbons (Fsp3) is 1.00. The molecule has 4 nitrogen and oxygen atoms in total. The van der Waals surface area contributed by atoms with Crippen LogP contribution in [0.5, 0.6) is 0 Å². The summed E-state index contributed by atoms with van der Waals surface area (Å²) in [4.78, 5) is 4.42. The molecule has 0 aromatic heterocycles. The third kappa shape index (κ3) is 7.73. The molecule has 0 aliphatic rings. The maximum atomic E-state index is 9.86. The fourth-order valence-electron chi connectivity index (χ4n) is 1.51. The highest BCUT2D eigenvalue weighted by molar-refractivity contribution is 4.77. The van der Waals surface area contributed by atoms with Gasteiger partial charge in [0.1, 0.15) is 0 Å². The van der Waals surface area contributed by atoms with Crippen LogP contribution in [0.15, 0.2) is 0 Å². The molecule has 1 atom stereocenters. The zero-order chi connectivity index (χ0) is 11.9. The lowest BCUT2D eigenvalue weighted by atomic mass is 10.1. The van der Waals surface area contributed by atoms with Crippen LogP contribution in [-0.4, -0.2) is 67.3 Å². The first-order valence-electron chi connectivity index (χ1n) is 5.71. The van der Waals surface area contributed by atoms with Crippen LogP contribution in [0.2, 0.25) is 0 Å². The second-order valence-electron chi connectivity index (χ2n) is 4.73. The third-order valence-electron chi connectivity index (χ3n) is 2.53. The number of aliphatic hydroxyl groups is 1. The van der Waals surface area contributed by atoms with Crippen molar-refractivity contribution in [2.24, 2.45) is 5.73 Å². The zero-order valence-electron chi connectivity index (χ0n) is 10.7. The van der Waals surface area contributed by atoms with Crippen LogP contribution in [0.25, 0.3) is 0 Å². The van der Waals surface area contributed by atoms with Gasteiger partial charge in [-0.15, -0.1) is 0 Å². The van der Waals surface area contributed by atoms with E-state index in [4.69, 9.17) is 5.73 Å². The topological polar surface area (TPSA) is 52.7 Å². The second-order valence-corrected chi connectivity index (χ2v) is 4.73. The molecule has 0 saturated heterocycles. The summed E-state index contributed by atoms with van der Waals surface area (Å²) in [6.07, 6.45) is 1.13. The van der Waals surface area contributed by atoms with E-state index in [1.807, 2.05) is 0 Å². The molecule has 1 unspecified atom stereocenters. The molecule has 0 aromatic carbocycles. The van der Waals surface area contributed by atoms with Gasteiger partial charge in [0.05, 0.1) is 5.60 Å². The normalized spacial score (nSPS) is 16.0. The molecule has 0 saturated carbocycles. The molecule has 3 N–H and O–H groups in total. The minimum atomic E-state index is -0.756. The number of nitrogens with two attached hydrogens (primary N) is 1. The number of rotatable bonds is 8. The van der Waals surface area contributed by atoms with Crippen molar-refractivity contribution < 1.29 is 5.11 Å². The summed E-state index contributed by atoms with van der Waals surface area (Å²) in [6.45, 7) is 7.95. The Kier molecular flexibility index (Phi) is 7.09. The summed E-state index contributed by atoms with van der Waals surface area (Å²) >= 11 is 0. The molecule has 0 radical (unpaired) electrons. The van der Waals surface area contributed by atoms with E-state index in [0.29, 0.717) is 13.1 Å². The lowest BCUT2D eigenvalue weighted by Gasteiger charge is -2.30. The van der Waals surface area contributed by atoms with Crippen LogP contribution in [0.1, 0.15) is 20.3 Å². The van der Waals surface area contributed by atoms with Crippen molar-refractivity contribution in [3.63, 3.8) is 0 Å². The van der Waals surface area contributed by atoms with Gasteiger partial charge in [-0.1, -0.05) is 6.92 Å². The molecule has 0 fully saturated rings. The molecule has 15 heavy (non-hydrogen) atoms. The van der Waals surface area contributed by atoms with Gasteiger partial charge < -0.3 is 20.6 Å². The Morgan fingerprint density at radius 1 is 1.27 bits per heavy atom. The maximum Gasteiger partial charge on any atom is 0.0867 e. The number of hydrogen-bond donors (Lipinski definition) is 2. The Bertz CT molecular complexity index is 160. The van der Waals surface area contributed by atoms with E-state index >= 15 is 0 Å². The molecule has 0 rings (SSSR count). The number of likely N-dealkylation sites (N-methyl/N-ethyl adjacent to an activating group) is 1. The summed E-state index contributed by atoms with van der Waals surface area (Å²) in [5.74, 6) is 0. The molecule has 0 spiro atoms. The Balaban J connectivity index is 3.82. The third-order valence-corrected chi connectivity index (χ3v) is 2.53. The van der Waals surface area contributed by atoms with Crippen LogP contribution in [-0.2, 0) is 0 Å². The second kappa shape index (κ2) is 7.17. The summed E-state index contributed by atoms with van der Waals surface area (Å²) < 4.78 is 0. The summed E-state index contributed by atoms with van der Waals surface area (Å²) in [6, 6.07) is 0. The molecule has 4 heteroatoms. The van der Waals surface area contributed by atoms with E-state index < -0.39 is 5.60 Å². The lowest BCUT2D eigenvalue weighted by molar-refractivity contribution is 0.0281. The molecule has 0 aromatic rings. The van der Waals surface area contributed by atoms with Crippen LogP contribution < -0.4 is 5.73 Å². The van der Waals surface area contributed by atoms with Crippen LogP contribution in [0.4, 0.5) is 0 Å². The summed E-state index contributed by atoms with van der Waals surface area (Å²) in [7, 11) is 4.15. The van der Waals surface area contributed by atoms with Crippen molar-refractivity contribution in [2.45, 2.75) is 25.9 Å². The Morgan fingerprint density at radius 3 is 2.27 bits per heavy atom. The molecule has 0 aliphatic heterocycles. The maximum absolute atomic E-state index is 9.86. The van der Waals surface area contributed by atoms with E-state index in [9.17, 15) is 5.11 Å². The van der Waals surface area contributed by atoms with Gasteiger partial charge in [-0.25, -0.2) is 0 Å². The van der Waals surface area contributed by atoms with Gasteiger partial charge in [0.15, 0.2) is 0 Å². The average Bonchev–Trinajstić information content (AvgIpc) is 2.15. The van der Waals surface area contributed by atoms with E-state index in [0.717, 1.165) is 26.1 Å². The van der Waals surface area contributed by atoms with Gasteiger partial charge in [0, 0.05) is 13.1 Å². The van der Waals surface area contributed by atoms with Crippen molar-refractivity contribution >= 4 is 0 Å². The number of hydrogen-bond acceptors (Lipinski definition) is 4. The minimum absolute atomic E-state index is 0.317. The van der Waals surface area contributed by atoms with Gasteiger partial charge in [-0.05, 0) is 47.1 Å². The molecular formula is C11H27N3O. The minimum Gasteiger partial charge on any atom is -0.388 e. The molecule has 0 heterocycles. The van der Waals surface area contributed by atoms with Crippen molar-refractivity contribution in [1.29, 1.82) is 0 Å². The standard InChI is InChI=1S/C11H27N3O/c1-5-14(8-6-7-13(3)4)10-11(2,15)9-12/h15H,5-10,12H2,1-4H3. The fourth-order valence-corrected chi connectivity index (χ4v) is 1.51. The van der Waals surface area contributed by atoms with E-state index in [1.54, 1.807) is 6.92 Å². The smallest absolute Gasteiger partial charge is 0.0867 e. The van der Waals surface area contributed by atoms with Crippen LogP contribution in [0.3, 0.4) is 0 Å². The highest BCUT2D eigenvalue weighted by Crippen LogP contribution is 2.04. The molecular weight excluding hydrogens is 190 g/mol. The molecule has 0 aliphatic carbocycles. The monoisotopic (exact) mass is 217 g/mol. The predicted octanol–water partition coefficient (Wildman–Crippen LogP) is -0.0303. The SMILES string of the molecule is CCN(CCCN(C)C)CC(C)(O)CN. The highest BCUT2D eigenvalue weighted by atomic mass is 16.3. The van der Waals surface area contributed by atoms with E-state index in [1.165, 1.54) is 0 Å². The Labute approximate surface area is 94.0 Å². The molecule has 92 valence electrons. The first-order valence-corrected chi connectivity index (χ1v) is 5.71. The van der Waals surface area contributed by atoms with Crippen molar-refractivity contribution in [3.05, 3.63) is 0 Å². The van der Waals surface area contributed by atoms with Crippen molar-refractivity contribution in [1.82, 2.24) is 9.80 Å². The lowest BCUT2D eigenvalue weighted by Crippen LogP contribution is -2.46. The Morgan fingerprint density at radius 2 is 1.87 bits per heavy atom. The molecule has 0 amide bonds. The van der Waals surface area contributed by atoms with Crippen LogP contribution >= 0.6 is 0 Å². The predicted molar refractivity (Wildman–Crippen MR) is 65.0 cm³/mol. The van der Waals surface area contributed by atoms with Crippen molar-refractivity contribution in [3.8, 4) is 0 Å². The summed E-state index contributed by atoms with van der Waals surface area (Å²) in [5.41, 5.74) is 4.75. The number of nitrogens with zero attached hydrogens (tertiary/aromatic N) is 2. The van der Waals surface area contributed by atoms with Gasteiger partial charge in [0.25, 0.3) is 0 Å². The van der Waals surface area contributed by atoms with Gasteiger partial charge in [-0.3, -0.25) is 0 Å². The van der Waals surface area contributed by atoms with Crippen molar-refractivity contribution in [2.75, 3.05) is 46.8 Å².